The predicted octanol–water partition coefficient (Wildman–Crippen LogP) is 2.12. The molecule has 0 aliphatic heterocycles. The Balaban J connectivity index is 2.83. The van der Waals surface area contributed by atoms with Crippen molar-refractivity contribution in [1.82, 2.24) is 10.1 Å². The molecule has 0 bridgehead atoms. The van der Waals surface area contributed by atoms with Crippen LogP contribution in [0.4, 0.5) is 0 Å². The van der Waals surface area contributed by atoms with Crippen LogP contribution in [0, 0.1) is 0 Å². The predicted molar refractivity (Wildman–Crippen MR) is 69.0 cm³/mol. The number of rotatable bonds is 6. The summed E-state index contributed by atoms with van der Waals surface area (Å²) in [6.07, 6.45) is -0.0882. The molecule has 1 amide bonds. The van der Waals surface area contributed by atoms with Crippen LogP contribution in [0.15, 0.2) is 10.6 Å². The largest absolute Gasteiger partial charge is 0.481 e. The summed E-state index contributed by atoms with van der Waals surface area (Å²) in [4.78, 5) is 24.3. The SMILES string of the molecule is CC(C)c1cc(C(=O)N(CCC(=O)O)C(C)C)on1. The molecule has 0 saturated carbocycles. The van der Waals surface area contributed by atoms with E-state index >= 15 is 0 Å². The Bertz CT molecular complexity index is 451. The van der Waals surface area contributed by atoms with E-state index in [1.165, 1.54) is 4.90 Å². The minimum Gasteiger partial charge on any atom is -0.481 e. The molecular weight excluding hydrogens is 248 g/mol. The van der Waals surface area contributed by atoms with Crippen molar-refractivity contribution in [1.29, 1.82) is 0 Å². The molecule has 1 heterocycles. The zero-order chi connectivity index (χ0) is 14.6. The van der Waals surface area contributed by atoms with Crippen molar-refractivity contribution in [3.63, 3.8) is 0 Å². The van der Waals surface area contributed by atoms with Crippen molar-refractivity contribution in [3.8, 4) is 0 Å². The quantitative estimate of drug-likeness (QED) is 0.854. The molecular formula is C13H20N2O4. The van der Waals surface area contributed by atoms with E-state index in [0.717, 1.165) is 0 Å². The van der Waals surface area contributed by atoms with Gasteiger partial charge in [-0.25, -0.2) is 0 Å². The Morgan fingerprint density at radius 2 is 2.00 bits per heavy atom. The van der Waals surface area contributed by atoms with E-state index in [9.17, 15) is 9.59 Å². The smallest absolute Gasteiger partial charge is 0.305 e. The number of aliphatic carboxylic acids is 1. The molecule has 1 aromatic heterocycles. The van der Waals surface area contributed by atoms with Crippen LogP contribution in [0.25, 0.3) is 0 Å². The highest BCUT2D eigenvalue weighted by Crippen LogP contribution is 2.16. The number of aromatic nitrogens is 1. The van der Waals surface area contributed by atoms with Gasteiger partial charge in [-0.2, -0.15) is 0 Å². The van der Waals surface area contributed by atoms with Gasteiger partial charge in [0.05, 0.1) is 12.1 Å². The van der Waals surface area contributed by atoms with Gasteiger partial charge in [0.15, 0.2) is 0 Å². The summed E-state index contributed by atoms with van der Waals surface area (Å²) in [5, 5.41) is 12.5. The summed E-state index contributed by atoms with van der Waals surface area (Å²) >= 11 is 0. The highest BCUT2D eigenvalue weighted by atomic mass is 16.5. The molecule has 106 valence electrons. The molecule has 19 heavy (non-hydrogen) atoms. The maximum Gasteiger partial charge on any atom is 0.305 e. The van der Waals surface area contributed by atoms with Gasteiger partial charge in [-0.1, -0.05) is 19.0 Å². The topological polar surface area (TPSA) is 83.6 Å². The van der Waals surface area contributed by atoms with Crippen LogP contribution in [0.1, 0.15) is 56.3 Å². The van der Waals surface area contributed by atoms with E-state index in [4.69, 9.17) is 9.63 Å². The summed E-state index contributed by atoms with van der Waals surface area (Å²) in [7, 11) is 0. The lowest BCUT2D eigenvalue weighted by atomic mass is 10.1. The molecule has 0 unspecified atom stereocenters. The number of nitrogens with zero attached hydrogens (tertiary/aromatic N) is 2. The molecule has 0 aromatic carbocycles. The van der Waals surface area contributed by atoms with Gasteiger partial charge in [0.1, 0.15) is 0 Å². The lowest BCUT2D eigenvalue weighted by Crippen LogP contribution is -2.38. The van der Waals surface area contributed by atoms with Crippen molar-refractivity contribution in [2.45, 2.75) is 46.1 Å². The zero-order valence-corrected chi connectivity index (χ0v) is 11.7. The second-order valence-corrected chi connectivity index (χ2v) is 5.01. The molecule has 0 radical (unpaired) electrons. The third-order valence-electron chi connectivity index (χ3n) is 2.78. The van der Waals surface area contributed by atoms with Crippen LogP contribution in [0.5, 0.6) is 0 Å². The number of hydrogen-bond donors (Lipinski definition) is 1. The summed E-state index contributed by atoms with van der Waals surface area (Å²) in [5.41, 5.74) is 0.713. The van der Waals surface area contributed by atoms with E-state index in [2.05, 4.69) is 5.16 Å². The molecule has 0 atom stereocenters. The van der Waals surface area contributed by atoms with Crippen LogP contribution in [-0.2, 0) is 4.79 Å². The van der Waals surface area contributed by atoms with Crippen LogP contribution in [0.3, 0.4) is 0 Å². The lowest BCUT2D eigenvalue weighted by Gasteiger charge is -2.24. The Morgan fingerprint density at radius 3 is 2.42 bits per heavy atom. The fourth-order valence-corrected chi connectivity index (χ4v) is 1.61. The summed E-state index contributed by atoms with van der Waals surface area (Å²) in [6, 6.07) is 1.52. The number of carbonyl (C=O) groups is 2. The van der Waals surface area contributed by atoms with Gasteiger partial charge >= 0.3 is 5.97 Å². The van der Waals surface area contributed by atoms with E-state index in [1.54, 1.807) is 6.07 Å². The van der Waals surface area contributed by atoms with Crippen molar-refractivity contribution in [3.05, 3.63) is 17.5 Å². The second kappa shape index (κ2) is 6.36. The van der Waals surface area contributed by atoms with Crippen molar-refractivity contribution in [2.24, 2.45) is 0 Å². The molecule has 0 spiro atoms. The van der Waals surface area contributed by atoms with Crippen LogP contribution in [0.2, 0.25) is 0 Å². The number of carboxylic acid groups (broad SMARTS) is 1. The number of hydrogen-bond acceptors (Lipinski definition) is 4. The van der Waals surface area contributed by atoms with Crippen LogP contribution < -0.4 is 0 Å². The molecule has 0 aliphatic carbocycles. The molecule has 1 aromatic rings. The first-order valence-electron chi connectivity index (χ1n) is 6.32. The highest BCUT2D eigenvalue weighted by molar-refractivity contribution is 5.91. The average molecular weight is 268 g/mol. The Hall–Kier alpha value is -1.85. The fourth-order valence-electron chi connectivity index (χ4n) is 1.61. The molecule has 6 nitrogen and oxygen atoms in total. The van der Waals surface area contributed by atoms with Gasteiger partial charge in [-0.15, -0.1) is 0 Å². The van der Waals surface area contributed by atoms with E-state index < -0.39 is 5.97 Å². The zero-order valence-electron chi connectivity index (χ0n) is 11.7. The second-order valence-electron chi connectivity index (χ2n) is 5.01. The minimum atomic E-state index is -0.932. The Kier molecular flexibility index (Phi) is 5.09. The van der Waals surface area contributed by atoms with Gasteiger partial charge in [0, 0.05) is 18.7 Å². The highest BCUT2D eigenvalue weighted by Gasteiger charge is 2.23. The summed E-state index contributed by atoms with van der Waals surface area (Å²) in [6.45, 7) is 7.73. The molecule has 6 heteroatoms. The van der Waals surface area contributed by atoms with Crippen molar-refractivity contribution >= 4 is 11.9 Å². The monoisotopic (exact) mass is 268 g/mol. The average Bonchev–Trinajstić information content (AvgIpc) is 2.77. The first-order valence-corrected chi connectivity index (χ1v) is 6.32. The fraction of sp³-hybridized carbons (Fsp3) is 0.615. The standard InChI is InChI=1S/C13H20N2O4/c1-8(2)10-7-11(19-14-10)13(18)15(9(3)4)6-5-12(16)17/h7-9H,5-6H2,1-4H3,(H,16,17). The lowest BCUT2D eigenvalue weighted by molar-refractivity contribution is -0.137. The number of amides is 1. The number of carbonyl (C=O) groups excluding carboxylic acids is 1. The van der Waals surface area contributed by atoms with E-state index in [-0.39, 0.29) is 36.6 Å². The molecule has 1 N–H and O–H groups in total. The summed E-state index contributed by atoms with van der Waals surface area (Å²) in [5.74, 6) is -0.922. The van der Waals surface area contributed by atoms with Crippen molar-refractivity contribution in [2.75, 3.05) is 6.54 Å². The van der Waals surface area contributed by atoms with E-state index in [1.807, 2.05) is 27.7 Å². The molecule has 0 saturated heterocycles. The maximum atomic E-state index is 12.2. The molecule has 0 fully saturated rings. The molecule has 0 aliphatic rings. The minimum absolute atomic E-state index is 0.0882. The summed E-state index contributed by atoms with van der Waals surface area (Å²) < 4.78 is 5.04. The van der Waals surface area contributed by atoms with Gasteiger partial charge in [-0.05, 0) is 19.8 Å². The third-order valence-corrected chi connectivity index (χ3v) is 2.78. The van der Waals surface area contributed by atoms with Crippen LogP contribution >= 0.6 is 0 Å². The van der Waals surface area contributed by atoms with Gasteiger partial charge in [0.2, 0.25) is 5.76 Å². The Morgan fingerprint density at radius 1 is 1.37 bits per heavy atom. The number of carboxylic acids is 1. The van der Waals surface area contributed by atoms with Crippen LogP contribution in [-0.4, -0.2) is 39.6 Å². The van der Waals surface area contributed by atoms with Gasteiger partial charge in [-0.3, -0.25) is 9.59 Å². The van der Waals surface area contributed by atoms with Gasteiger partial charge < -0.3 is 14.5 Å². The maximum absolute atomic E-state index is 12.2. The van der Waals surface area contributed by atoms with Crippen molar-refractivity contribution < 1.29 is 19.2 Å². The first-order chi connectivity index (χ1) is 8.82. The molecule has 1 rings (SSSR count). The third kappa shape index (κ3) is 4.08. The first kappa shape index (κ1) is 15.2. The van der Waals surface area contributed by atoms with Gasteiger partial charge in [0.25, 0.3) is 5.91 Å². The van der Waals surface area contributed by atoms with E-state index in [0.29, 0.717) is 5.69 Å². The normalized spacial score (nSPS) is 11.1. The Labute approximate surface area is 112 Å².